The largest absolute Gasteiger partial charge is 0.507 e. The molecule has 0 bridgehead atoms. The Hall–Kier alpha value is -1.07. The predicted octanol–water partition coefficient (Wildman–Crippen LogP) is 2.02. The summed E-state index contributed by atoms with van der Waals surface area (Å²) < 4.78 is 5.89. The summed E-state index contributed by atoms with van der Waals surface area (Å²) >= 11 is 3.19. The molecule has 1 aliphatic rings. The standard InChI is InChI=1S/C12H14BrNO3/c13-10-3-2-9(8-11(10)15)12(16)14-4-1-6-17-7-5-14/h2-3,8,15H,1,4-7H2. The van der Waals surface area contributed by atoms with E-state index in [0.29, 0.717) is 36.3 Å². The molecule has 0 aromatic heterocycles. The van der Waals surface area contributed by atoms with Gasteiger partial charge in [-0.05, 0) is 40.5 Å². The van der Waals surface area contributed by atoms with E-state index in [2.05, 4.69) is 15.9 Å². The van der Waals surface area contributed by atoms with Crippen molar-refractivity contribution in [2.45, 2.75) is 6.42 Å². The topological polar surface area (TPSA) is 49.8 Å². The average Bonchev–Trinajstić information content (AvgIpc) is 2.60. The first-order valence-electron chi connectivity index (χ1n) is 5.54. The third kappa shape index (κ3) is 2.98. The van der Waals surface area contributed by atoms with E-state index in [4.69, 9.17) is 4.74 Å². The minimum Gasteiger partial charge on any atom is -0.507 e. The molecule has 1 aliphatic heterocycles. The lowest BCUT2D eigenvalue weighted by atomic mass is 10.2. The zero-order valence-electron chi connectivity index (χ0n) is 9.36. The quantitative estimate of drug-likeness (QED) is 0.863. The number of amides is 1. The number of phenols is 1. The highest BCUT2D eigenvalue weighted by Gasteiger charge is 2.18. The molecule has 1 heterocycles. The second-order valence-electron chi connectivity index (χ2n) is 3.92. The summed E-state index contributed by atoms with van der Waals surface area (Å²) in [5.74, 6) is 0.0280. The first-order valence-corrected chi connectivity index (χ1v) is 6.33. The summed E-state index contributed by atoms with van der Waals surface area (Å²) in [4.78, 5) is 13.9. The Morgan fingerprint density at radius 2 is 2.18 bits per heavy atom. The fourth-order valence-corrected chi connectivity index (χ4v) is 2.02. The highest BCUT2D eigenvalue weighted by atomic mass is 79.9. The molecular formula is C12H14BrNO3. The first-order chi connectivity index (χ1) is 8.18. The normalized spacial score (nSPS) is 16.6. The summed E-state index contributed by atoms with van der Waals surface area (Å²) in [6.45, 7) is 2.59. The van der Waals surface area contributed by atoms with Crippen molar-refractivity contribution in [3.8, 4) is 5.75 Å². The number of carbonyl (C=O) groups is 1. The number of hydrogen-bond acceptors (Lipinski definition) is 3. The molecule has 0 saturated carbocycles. The molecule has 1 amide bonds. The van der Waals surface area contributed by atoms with E-state index in [0.717, 1.165) is 6.42 Å². The molecule has 2 rings (SSSR count). The van der Waals surface area contributed by atoms with E-state index < -0.39 is 0 Å². The van der Waals surface area contributed by atoms with Crippen molar-refractivity contribution in [1.29, 1.82) is 0 Å². The van der Waals surface area contributed by atoms with Crippen molar-refractivity contribution < 1.29 is 14.6 Å². The van der Waals surface area contributed by atoms with Gasteiger partial charge in [-0.25, -0.2) is 0 Å². The van der Waals surface area contributed by atoms with E-state index in [-0.39, 0.29) is 11.7 Å². The smallest absolute Gasteiger partial charge is 0.254 e. The Morgan fingerprint density at radius 1 is 1.35 bits per heavy atom. The van der Waals surface area contributed by atoms with Gasteiger partial charge in [0.05, 0.1) is 11.1 Å². The molecule has 0 aliphatic carbocycles. The Morgan fingerprint density at radius 3 is 2.94 bits per heavy atom. The lowest BCUT2D eigenvalue weighted by Gasteiger charge is -2.19. The van der Waals surface area contributed by atoms with E-state index in [1.807, 2.05) is 0 Å². The van der Waals surface area contributed by atoms with Gasteiger partial charge in [0.25, 0.3) is 5.91 Å². The number of rotatable bonds is 1. The van der Waals surface area contributed by atoms with Gasteiger partial charge < -0.3 is 14.7 Å². The maximum atomic E-state index is 12.2. The number of nitrogens with zero attached hydrogens (tertiary/aromatic N) is 1. The van der Waals surface area contributed by atoms with Gasteiger partial charge in [-0.15, -0.1) is 0 Å². The van der Waals surface area contributed by atoms with Gasteiger partial charge in [-0.1, -0.05) is 0 Å². The van der Waals surface area contributed by atoms with Crippen LogP contribution in [0.4, 0.5) is 0 Å². The average molecular weight is 300 g/mol. The van der Waals surface area contributed by atoms with Crippen LogP contribution in [0.2, 0.25) is 0 Å². The van der Waals surface area contributed by atoms with Crippen LogP contribution in [-0.2, 0) is 4.74 Å². The van der Waals surface area contributed by atoms with Crippen LogP contribution in [-0.4, -0.2) is 42.2 Å². The molecule has 1 aromatic carbocycles. The van der Waals surface area contributed by atoms with Crippen LogP contribution < -0.4 is 0 Å². The van der Waals surface area contributed by atoms with Gasteiger partial charge in [0, 0.05) is 25.3 Å². The Kier molecular flexibility index (Phi) is 4.02. The Balaban J connectivity index is 2.14. The maximum absolute atomic E-state index is 12.2. The highest BCUT2D eigenvalue weighted by molar-refractivity contribution is 9.10. The minimum atomic E-state index is -0.0571. The van der Waals surface area contributed by atoms with E-state index in [9.17, 15) is 9.90 Å². The molecule has 0 spiro atoms. The summed E-state index contributed by atoms with van der Waals surface area (Å²) in [6, 6.07) is 4.87. The minimum absolute atomic E-state index is 0.0571. The van der Waals surface area contributed by atoms with Crippen LogP contribution in [0.5, 0.6) is 5.75 Å². The van der Waals surface area contributed by atoms with Crippen molar-refractivity contribution >= 4 is 21.8 Å². The van der Waals surface area contributed by atoms with Crippen LogP contribution in [0.3, 0.4) is 0 Å². The summed E-state index contributed by atoms with van der Waals surface area (Å²) in [6.07, 6.45) is 0.855. The highest BCUT2D eigenvalue weighted by Crippen LogP contribution is 2.25. The van der Waals surface area contributed by atoms with E-state index in [1.54, 1.807) is 17.0 Å². The van der Waals surface area contributed by atoms with Crippen molar-refractivity contribution in [1.82, 2.24) is 4.90 Å². The number of carbonyl (C=O) groups excluding carboxylic acids is 1. The Bertz CT molecular complexity index is 414. The van der Waals surface area contributed by atoms with E-state index >= 15 is 0 Å². The molecule has 1 fully saturated rings. The second kappa shape index (κ2) is 5.51. The predicted molar refractivity (Wildman–Crippen MR) is 67.1 cm³/mol. The molecule has 1 aromatic rings. The van der Waals surface area contributed by atoms with Crippen LogP contribution in [0.1, 0.15) is 16.8 Å². The van der Waals surface area contributed by atoms with Crippen molar-refractivity contribution in [3.63, 3.8) is 0 Å². The summed E-state index contributed by atoms with van der Waals surface area (Å²) in [5.41, 5.74) is 0.507. The van der Waals surface area contributed by atoms with Crippen molar-refractivity contribution in [3.05, 3.63) is 28.2 Å². The molecule has 0 atom stereocenters. The maximum Gasteiger partial charge on any atom is 0.254 e. The summed E-state index contributed by atoms with van der Waals surface area (Å²) in [5, 5.41) is 9.56. The summed E-state index contributed by atoms with van der Waals surface area (Å²) in [7, 11) is 0. The molecular weight excluding hydrogens is 286 g/mol. The van der Waals surface area contributed by atoms with Crippen molar-refractivity contribution in [2.75, 3.05) is 26.3 Å². The number of phenolic OH excluding ortho intramolecular Hbond substituents is 1. The van der Waals surface area contributed by atoms with Gasteiger partial charge in [-0.2, -0.15) is 0 Å². The molecule has 0 radical (unpaired) electrons. The SMILES string of the molecule is O=C(c1ccc(Br)c(O)c1)N1CCCOCC1. The number of benzene rings is 1. The molecule has 1 N–H and O–H groups in total. The van der Waals surface area contributed by atoms with Gasteiger partial charge in [0.15, 0.2) is 0 Å². The number of ether oxygens (including phenoxy) is 1. The fraction of sp³-hybridized carbons (Fsp3) is 0.417. The fourth-order valence-electron chi connectivity index (χ4n) is 1.78. The van der Waals surface area contributed by atoms with Gasteiger partial charge >= 0.3 is 0 Å². The van der Waals surface area contributed by atoms with E-state index in [1.165, 1.54) is 6.07 Å². The van der Waals surface area contributed by atoms with Gasteiger partial charge in [0.2, 0.25) is 0 Å². The molecule has 5 heteroatoms. The van der Waals surface area contributed by atoms with Gasteiger partial charge in [0.1, 0.15) is 5.75 Å². The second-order valence-corrected chi connectivity index (χ2v) is 4.78. The zero-order chi connectivity index (χ0) is 12.3. The molecule has 1 saturated heterocycles. The van der Waals surface area contributed by atoms with Crippen LogP contribution in [0.15, 0.2) is 22.7 Å². The lowest BCUT2D eigenvalue weighted by Crippen LogP contribution is -2.33. The van der Waals surface area contributed by atoms with Crippen LogP contribution in [0.25, 0.3) is 0 Å². The first kappa shape index (κ1) is 12.4. The molecule has 4 nitrogen and oxygen atoms in total. The zero-order valence-corrected chi connectivity index (χ0v) is 10.9. The third-order valence-corrected chi connectivity index (χ3v) is 3.37. The van der Waals surface area contributed by atoms with Crippen molar-refractivity contribution in [2.24, 2.45) is 0 Å². The number of halogens is 1. The monoisotopic (exact) mass is 299 g/mol. The van der Waals surface area contributed by atoms with Gasteiger partial charge in [-0.3, -0.25) is 4.79 Å². The molecule has 17 heavy (non-hydrogen) atoms. The number of hydrogen-bond donors (Lipinski definition) is 1. The molecule has 0 unspecified atom stereocenters. The lowest BCUT2D eigenvalue weighted by molar-refractivity contribution is 0.0741. The van der Waals surface area contributed by atoms with Crippen LogP contribution >= 0.6 is 15.9 Å². The van der Waals surface area contributed by atoms with Crippen LogP contribution in [0, 0.1) is 0 Å². The Labute approximate surface area is 108 Å². The third-order valence-electron chi connectivity index (χ3n) is 2.70. The number of aromatic hydroxyl groups is 1. The molecule has 92 valence electrons.